The van der Waals surface area contributed by atoms with Crippen LogP contribution in [0.5, 0.6) is 11.6 Å². The predicted molar refractivity (Wildman–Crippen MR) is 65.8 cm³/mol. The molecule has 1 aromatic heterocycles. The van der Waals surface area contributed by atoms with Crippen LogP contribution in [0, 0.1) is 0 Å². The fourth-order valence-electron chi connectivity index (χ4n) is 1.11. The second-order valence-electron chi connectivity index (χ2n) is 3.03. The Morgan fingerprint density at radius 3 is 2.56 bits per heavy atom. The zero-order valence-corrected chi connectivity index (χ0v) is 10.6. The summed E-state index contributed by atoms with van der Waals surface area (Å²) in [6, 6.07) is 11.1. The monoisotopic (exact) mass is 298 g/mol. The summed E-state index contributed by atoms with van der Waals surface area (Å²) in [4.78, 5) is 0. The third kappa shape index (κ3) is 2.71. The first-order valence-corrected chi connectivity index (χ1v) is 5.93. The van der Waals surface area contributed by atoms with E-state index in [9.17, 15) is 0 Å². The first-order valence-electron chi connectivity index (χ1n) is 4.60. The van der Waals surface area contributed by atoms with Crippen LogP contribution in [0.3, 0.4) is 0 Å². The standard InChI is InChI=1S/C11H8BrClN2O/c12-9-3-1-2-4-10(9)16-11-6-5-8(7-13)14-15-11/h1-6H,7H2. The maximum atomic E-state index is 5.61. The van der Waals surface area contributed by atoms with Crippen LogP contribution < -0.4 is 4.74 Å². The molecule has 1 aromatic carbocycles. The molecule has 5 heteroatoms. The van der Waals surface area contributed by atoms with E-state index < -0.39 is 0 Å². The Labute approximate surface area is 107 Å². The molecule has 82 valence electrons. The predicted octanol–water partition coefficient (Wildman–Crippen LogP) is 3.77. The van der Waals surface area contributed by atoms with Crippen molar-refractivity contribution in [2.24, 2.45) is 0 Å². The second-order valence-corrected chi connectivity index (χ2v) is 4.15. The molecule has 0 atom stereocenters. The molecule has 0 fully saturated rings. The van der Waals surface area contributed by atoms with Crippen molar-refractivity contribution in [2.45, 2.75) is 5.88 Å². The molecule has 16 heavy (non-hydrogen) atoms. The molecule has 1 heterocycles. The van der Waals surface area contributed by atoms with Crippen LogP contribution in [0.2, 0.25) is 0 Å². The van der Waals surface area contributed by atoms with Gasteiger partial charge in [-0.2, -0.15) is 5.10 Å². The number of aromatic nitrogens is 2. The minimum atomic E-state index is 0.350. The molecule has 3 nitrogen and oxygen atoms in total. The molecule has 0 unspecified atom stereocenters. The van der Waals surface area contributed by atoms with E-state index >= 15 is 0 Å². The van der Waals surface area contributed by atoms with Crippen molar-refractivity contribution in [3.05, 3.63) is 46.6 Å². The molecule has 0 amide bonds. The van der Waals surface area contributed by atoms with E-state index in [2.05, 4.69) is 26.1 Å². The highest BCUT2D eigenvalue weighted by Gasteiger charge is 2.03. The lowest BCUT2D eigenvalue weighted by Gasteiger charge is -2.05. The van der Waals surface area contributed by atoms with Gasteiger partial charge in [0.25, 0.3) is 0 Å². The fraction of sp³-hybridized carbons (Fsp3) is 0.0909. The van der Waals surface area contributed by atoms with Gasteiger partial charge in [-0.05, 0) is 34.1 Å². The van der Waals surface area contributed by atoms with Gasteiger partial charge in [0.05, 0.1) is 16.0 Å². The number of halogens is 2. The number of rotatable bonds is 3. The van der Waals surface area contributed by atoms with Crippen molar-refractivity contribution < 1.29 is 4.74 Å². The topological polar surface area (TPSA) is 35.0 Å². The van der Waals surface area contributed by atoms with Gasteiger partial charge in [-0.25, -0.2) is 0 Å². The zero-order chi connectivity index (χ0) is 11.4. The van der Waals surface area contributed by atoms with Gasteiger partial charge in [-0.1, -0.05) is 12.1 Å². The van der Waals surface area contributed by atoms with Gasteiger partial charge in [0, 0.05) is 6.07 Å². The lowest BCUT2D eigenvalue weighted by Crippen LogP contribution is -1.93. The molecule has 0 bridgehead atoms. The van der Waals surface area contributed by atoms with E-state index in [0.717, 1.165) is 10.2 Å². The number of hydrogen-bond donors (Lipinski definition) is 0. The average Bonchev–Trinajstić information content (AvgIpc) is 2.33. The summed E-state index contributed by atoms with van der Waals surface area (Å²) in [7, 11) is 0. The van der Waals surface area contributed by atoms with Crippen molar-refractivity contribution in [1.29, 1.82) is 0 Å². The third-order valence-corrected chi connectivity index (χ3v) is 2.81. The van der Waals surface area contributed by atoms with Crippen LogP contribution in [0.4, 0.5) is 0 Å². The Morgan fingerprint density at radius 2 is 1.94 bits per heavy atom. The summed E-state index contributed by atoms with van der Waals surface area (Å²) in [6.07, 6.45) is 0. The van der Waals surface area contributed by atoms with Gasteiger partial charge in [0.1, 0.15) is 5.75 Å². The maximum Gasteiger partial charge on any atom is 0.238 e. The van der Waals surface area contributed by atoms with Crippen molar-refractivity contribution in [2.75, 3.05) is 0 Å². The Hall–Kier alpha value is -1.13. The zero-order valence-electron chi connectivity index (χ0n) is 8.23. The molecule has 0 aliphatic carbocycles. The van der Waals surface area contributed by atoms with Gasteiger partial charge < -0.3 is 4.74 Å². The summed E-state index contributed by atoms with van der Waals surface area (Å²) >= 11 is 9.00. The Balaban J connectivity index is 2.18. The molecular formula is C11H8BrClN2O. The number of alkyl halides is 1. The SMILES string of the molecule is ClCc1ccc(Oc2ccccc2Br)nn1. The van der Waals surface area contributed by atoms with Gasteiger partial charge in [-0.3, -0.25) is 0 Å². The Bertz CT molecular complexity index is 476. The molecule has 2 aromatic rings. The number of nitrogens with zero attached hydrogens (tertiary/aromatic N) is 2. The summed E-state index contributed by atoms with van der Waals surface area (Å²) < 4.78 is 6.42. The number of hydrogen-bond acceptors (Lipinski definition) is 3. The smallest absolute Gasteiger partial charge is 0.238 e. The van der Waals surface area contributed by atoms with Gasteiger partial charge >= 0.3 is 0 Å². The molecule has 0 aliphatic rings. The number of benzene rings is 1. The van der Waals surface area contributed by atoms with E-state index in [1.807, 2.05) is 24.3 Å². The highest BCUT2D eigenvalue weighted by atomic mass is 79.9. The van der Waals surface area contributed by atoms with E-state index in [1.165, 1.54) is 0 Å². The first kappa shape index (κ1) is 11.4. The average molecular weight is 300 g/mol. The molecule has 0 saturated heterocycles. The lowest BCUT2D eigenvalue weighted by atomic mass is 10.3. The van der Waals surface area contributed by atoms with Crippen LogP contribution in [0.15, 0.2) is 40.9 Å². The van der Waals surface area contributed by atoms with Gasteiger partial charge in [-0.15, -0.1) is 16.7 Å². The molecular weight excluding hydrogens is 291 g/mol. The Morgan fingerprint density at radius 1 is 1.12 bits per heavy atom. The molecule has 0 radical (unpaired) electrons. The van der Waals surface area contributed by atoms with Crippen molar-refractivity contribution in [3.63, 3.8) is 0 Å². The van der Waals surface area contributed by atoms with Crippen molar-refractivity contribution in [1.82, 2.24) is 10.2 Å². The molecule has 0 spiro atoms. The molecule has 2 rings (SSSR count). The summed E-state index contributed by atoms with van der Waals surface area (Å²) in [6.45, 7) is 0. The van der Waals surface area contributed by atoms with Crippen molar-refractivity contribution in [3.8, 4) is 11.6 Å². The minimum Gasteiger partial charge on any atom is -0.436 e. The highest BCUT2D eigenvalue weighted by molar-refractivity contribution is 9.10. The van der Waals surface area contributed by atoms with Crippen LogP contribution in [-0.2, 0) is 5.88 Å². The largest absolute Gasteiger partial charge is 0.436 e. The molecule has 0 saturated carbocycles. The Kier molecular flexibility index (Phi) is 3.74. The highest BCUT2D eigenvalue weighted by Crippen LogP contribution is 2.27. The first-order chi connectivity index (χ1) is 7.79. The number of ether oxygens (including phenoxy) is 1. The number of para-hydroxylation sites is 1. The van der Waals surface area contributed by atoms with Crippen LogP contribution >= 0.6 is 27.5 Å². The molecule has 0 aliphatic heterocycles. The van der Waals surface area contributed by atoms with E-state index in [-0.39, 0.29) is 0 Å². The van der Waals surface area contributed by atoms with Gasteiger partial charge in [0.2, 0.25) is 5.88 Å². The van der Waals surface area contributed by atoms with Crippen molar-refractivity contribution >= 4 is 27.5 Å². The summed E-state index contributed by atoms with van der Waals surface area (Å²) in [5, 5.41) is 7.81. The normalized spacial score (nSPS) is 10.1. The molecule has 0 N–H and O–H groups in total. The lowest BCUT2D eigenvalue weighted by molar-refractivity contribution is 0.451. The second kappa shape index (κ2) is 5.27. The van der Waals surface area contributed by atoms with Crippen LogP contribution in [-0.4, -0.2) is 10.2 Å². The maximum absolute atomic E-state index is 5.61. The summed E-state index contributed by atoms with van der Waals surface area (Å²) in [5.41, 5.74) is 0.723. The van der Waals surface area contributed by atoms with Gasteiger partial charge in [0.15, 0.2) is 0 Å². The van der Waals surface area contributed by atoms with Crippen LogP contribution in [0.1, 0.15) is 5.69 Å². The van der Waals surface area contributed by atoms with E-state index in [4.69, 9.17) is 16.3 Å². The van der Waals surface area contributed by atoms with Crippen LogP contribution in [0.25, 0.3) is 0 Å². The third-order valence-electron chi connectivity index (χ3n) is 1.88. The summed E-state index contributed by atoms with van der Waals surface area (Å²) in [5.74, 6) is 1.50. The minimum absolute atomic E-state index is 0.350. The van der Waals surface area contributed by atoms with E-state index in [0.29, 0.717) is 17.5 Å². The quantitative estimate of drug-likeness (QED) is 0.809. The fourth-order valence-corrected chi connectivity index (χ4v) is 1.62. The van der Waals surface area contributed by atoms with E-state index in [1.54, 1.807) is 12.1 Å².